The number of likely N-dealkylation sites (tertiary alicyclic amines) is 1. The summed E-state index contributed by atoms with van der Waals surface area (Å²) in [5, 5.41) is 9.68. The van der Waals surface area contributed by atoms with Crippen molar-refractivity contribution in [3.8, 4) is 0 Å². The fraction of sp³-hybridized carbons (Fsp3) is 0.467. The van der Waals surface area contributed by atoms with Crippen molar-refractivity contribution in [1.82, 2.24) is 4.90 Å². The van der Waals surface area contributed by atoms with Gasteiger partial charge in [0.15, 0.2) is 0 Å². The third-order valence-corrected chi connectivity index (χ3v) is 4.32. The molecule has 1 heterocycles. The van der Waals surface area contributed by atoms with Crippen LogP contribution in [0.25, 0.3) is 0 Å². The zero-order valence-electron chi connectivity index (χ0n) is 11.6. The van der Waals surface area contributed by atoms with Crippen LogP contribution in [-0.2, 0) is 4.79 Å². The molecule has 1 aromatic carbocycles. The van der Waals surface area contributed by atoms with Crippen LogP contribution in [0.15, 0.2) is 18.2 Å². The molecule has 4 nitrogen and oxygen atoms in total. The number of halogens is 1. The molecule has 1 amide bonds. The summed E-state index contributed by atoms with van der Waals surface area (Å²) in [4.78, 5) is 25.2. The highest BCUT2D eigenvalue weighted by atomic mass is 35.5. The lowest BCUT2D eigenvalue weighted by molar-refractivity contribution is -0.143. The number of carbonyl (C=O) groups is 2. The first-order valence-corrected chi connectivity index (χ1v) is 7.08. The lowest BCUT2D eigenvalue weighted by Gasteiger charge is -2.36. The van der Waals surface area contributed by atoms with Crippen LogP contribution in [0, 0.1) is 12.8 Å². The molecule has 1 fully saturated rings. The molecule has 2 rings (SSSR count). The molecule has 0 bridgehead atoms. The van der Waals surface area contributed by atoms with Gasteiger partial charge in [0.25, 0.3) is 5.91 Å². The van der Waals surface area contributed by atoms with Gasteiger partial charge in [-0.15, -0.1) is 0 Å². The van der Waals surface area contributed by atoms with Gasteiger partial charge in [0, 0.05) is 23.2 Å². The van der Waals surface area contributed by atoms with Gasteiger partial charge in [0.1, 0.15) is 0 Å². The van der Waals surface area contributed by atoms with Crippen LogP contribution in [0.1, 0.15) is 35.7 Å². The summed E-state index contributed by atoms with van der Waals surface area (Å²) in [6, 6.07) is 5.15. The molecule has 0 aliphatic carbocycles. The molecule has 2 unspecified atom stereocenters. The van der Waals surface area contributed by atoms with Gasteiger partial charge in [-0.05, 0) is 50.5 Å². The topological polar surface area (TPSA) is 57.6 Å². The van der Waals surface area contributed by atoms with Gasteiger partial charge in [-0.25, -0.2) is 0 Å². The van der Waals surface area contributed by atoms with E-state index in [0.717, 1.165) is 5.56 Å². The van der Waals surface area contributed by atoms with Crippen molar-refractivity contribution in [2.24, 2.45) is 5.92 Å². The van der Waals surface area contributed by atoms with Crippen LogP contribution in [-0.4, -0.2) is 34.5 Å². The van der Waals surface area contributed by atoms with Crippen molar-refractivity contribution in [2.45, 2.75) is 32.7 Å². The quantitative estimate of drug-likeness (QED) is 0.912. The Morgan fingerprint density at radius 3 is 2.65 bits per heavy atom. The van der Waals surface area contributed by atoms with E-state index in [4.69, 9.17) is 16.7 Å². The van der Waals surface area contributed by atoms with Crippen LogP contribution in [0.5, 0.6) is 0 Å². The van der Waals surface area contributed by atoms with Gasteiger partial charge < -0.3 is 10.0 Å². The van der Waals surface area contributed by atoms with Gasteiger partial charge in [-0.3, -0.25) is 9.59 Å². The fourth-order valence-corrected chi connectivity index (χ4v) is 2.76. The number of piperidine rings is 1. The van der Waals surface area contributed by atoms with Crippen molar-refractivity contribution in [2.75, 3.05) is 6.54 Å². The number of carboxylic acid groups (broad SMARTS) is 1. The first-order chi connectivity index (χ1) is 9.40. The number of nitrogens with zero attached hydrogens (tertiary/aromatic N) is 1. The minimum absolute atomic E-state index is 0.0545. The predicted octanol–water partition coefficient (Wildman–Crippen LogP) is 2.97. The van der Waals surface area contributed by atoms with Gasteiger partial charge in [0.2, 0.25) is 0 Å². The number of hydrogen-bond acceptors (Lipinski definition) is 2. The summed E-state index contributed by atoms with van der Waals surface area (Å²) >= 11 is 5.96. The lowest BCUT2D eigenvalue weighted by Crippen LogP contribution is -2.46. The SMILES string of the molecule is Cc1cc(C(=O)N2CCC(C(=O)O)CC2C)ccc1Cl. The molecule has 1 saturated heterocycles. The summed E-state index contributed by atoms with van der Waals surface area (Å²) in [5.74, 6) is -1.17. The Bertz CT molecular complexity index is 544. The van der Waals surface area contributed by atoms with Crippen LogP contribution in [0.3, 0.4) is 0 Å². The maximum atomic E-state index is 12.5. The molecule has 0 radical (unpaired) electrons. The number of aryl methyl sites for hydroxylation is 1. The highest BCUT2D eigenvalue weighted by molar-refractivity contribution is 6.31. The Kier molecular flexibility index (Phi) is 4.33. The second kappa shape index (κ2) is 5.83. The highest BCUT2D eigenvalue weighted by Gasteiger charge is 2.32. The zero-order valence-corrected chi connectivity index (χ0v) is 12.4. The second-order valence-corrected chi connectivity index (χ2v) is 5.78. The Hall–Kier alpha value is -1.55. The van der Waals surface area contributed by atoms with E-state index in [9.17, 15) is 9.59 Å². The van der Waals surface area contributed by atoms with Crippen molar-refractivity contribution in [3.05, 3.63) is 34.3 Å². The van der Waals surface area contributed by atoms with Crippen molar-refractivity contribution in [3.63, 3.8) is 0 Å². The molecule has 0 saturated carbocycles. The molecule has 1 N–H and O–H groups in total. The van der Waals surface area contributed by atoms with E-state index in [1.165, 1.54) is 0 Å². The minimum Gasteiger partial charge on any atom is -0.481 e. The number of aliphatic carboxylic acids is 1. The standard InChI is InChI=1S/C15H18ClNO3/c1-9-7-11(3-4-13(9)16)14(18)17-6-5-12(15(19)20)8-10(17)2/h3-4,7,10,12H,5-6,8H2,1-2H3,(H,19,20). The van der Waals surface area contributed by atoms with Crippen LogP contribution < -0.4 is 0 Å². The molecule has 5 heteroatoms. The van der Waals surface area contributed by atoms with E-state index in [1.54, 1.807) is 23.1 Å². The summed E-state index contributed by atoms with van der Waals surface area (Å²) in [6.45, 7) is 4.24. The van der Waals surface area contributed by atoms with Crippen LogP contribution in [0.4, 0.5) is 0 Å². The van der Waals surface area contributed by atoms with Crippen molar-refractivity contribution < 1.29 is 14.7 Å². The van der Waals surface area contributed by atoms with Crippen molar-refractivity contribution >= 4 is 23.5 Å². The number of carboxylic acids is 1. The molecule has 1 aliphatic rings. The molecule has 108 valence electrons. The normalized spacial score (nSPS) is 22.6. The molecular weight excluding hydrogens is 278 g/mol. The summed E-state index contributed by atoms with van der Waals surface area (Å²) in [6.07, 6.45) is 1.02. The van der Waals surface area contributed by atoms with Gasteiger partial charge in [0.05, 0.1) is 5.92 Å². The average molecular weight is 296 g/mol. The van der Waals surface area contributed by atoms with Crippen LogP contribution in [0.2, 0.25) is 5.02 Å². The fourth-order valence-electron chi connectivity index (χ4n) is 2.64. The summed E-state index contributed by atoms with van der Waals surface area (Å²) in [7, 11) is 0. The highest BCUT2D eigenvalue weighted by Crippen LogP contribution is 2.25. The maximum Gasteiger partial charge on any atom is 0.306 e. The first-order valence-electron chi connectivity index (χ1n) is 6.70. The smallest absolute Gasteiger partial charge is 0.306 e. The van der Waals surface area contributed by atoms with E-state index in [0.29, 0.717) is 30.0 Å². The number of amides is 1. The predicted molar refractivity (Wildman–Crippen MR) is 77.0 cm³/mol. The number of carbonyl (C=O) groups excluding carboxylic acids is 1. The third kappa shape index (κ3) is 2.96. The molecule has 0 aromatic heterocycles. The van der Waals surface area contributed by atoms with E-state index < -0.39 is 5.97 Å². The van der Waals surface area contributed by atoms with Crippen LogP contribution >= 0.6 is 11.6 Å². The third-order valence-electron chi connectivity index (χ3n) is 3.89. The first kappa shape index (κ1) is 14.9. The van der Waals surface area contributed by atoms with Gasteiger partial charge in [-0.2, -0.15) is 0 Å². The largest absolute Gasteiger partial charge is 0.481 e. The molecular formula is C15H18ClNO3. The van der Waals surface area contributed by atoms with Gasteiger partial charge in [-0.1, -0.05) is 11.6 Å². The zero-order chi connectivity index (χ0) is 14.9. The van der Waals surface area contributed by atoms with E-state index in [-0.39, 0.29) is 17.9 Å². The van der Waals surface area contributed by atoms with E-state index in [2.05, 4.69) is 0 Å². The molecule has 20 heavy (non-hydrogen) atoms. The molecule has 1 aromatic rings. The average Bonchev–Trinajstić information content (AvgIpc) is 2.41. The Morgan fingerprint density at radius 1 is 1.40 bits per heavy atom. The Labute approximate surface area is 123 Å². The Morgan fingerprint density at radius 2 is 2.10 bits per heavy atom. The minimum atomic E-state index is -0.772. The summed E-state index contributed by atoms with van der Waals surface area (Å²) in [5.41, 5.74) is 1.47. The maximum absolute atomic E-state index is 12.5. The number of benzene rings is 1. The van der Waals surface area contributed by atoms with E-state index in [1.807, 2.05) is 13.8 Å². The second-order valence-electron chi connectivity index (χ2n) is 5.37. The molecule has 2 atom stereocenters. The molecule has 1 aliphatic heterocycles. The number of rotatable bonds is 2. The molecule has 0 spiro atoms. The monoisotopic (exact) mass is 295 g/mol. The number of hydrogen-bond donors (Lipinski definition) is 1. The Balaban J connectivity index is 2.13. The van der Waals surface area contributed by atoms with Gasteiger partial charge >= 0.3 is 5.97 Å². The van der Waals surface area contributed by atoms with E-state index >= 15 is 0 Å². The lowest BCUT2D eigenvalue weighted by atomic mass is 9.91. The summed E-state index contributed by atoms with van der Waals surface area (Å²) < 4.78 is 0. The van der Waals surface area contributed by atoms with Crippen molar-refractivity contribution in [1.29, 1.82) is 0 Å².